The molecule has 0 radical (unpaired) electrons. The molecule has 2 aromatic carbocycles. The number of hydrogen-bond donors (Lipinski definition) is 0. The van der Waals surface area contributed by atoms with Crippen molar-refractivity contribution in [3.63, 3.8) is 0 Å². The van der Waals surface area contributed by atoms with Crippen molar-refractivity contribution in [3.8, 4) is 0 Å². The number of ether oxygens (including phenoxy) is 2. The molecule has 27 heavy (non-hydrogen) atoms. The van der Waals surface area contributed by atoms with Crippen LogP contribution in [0.5, 0.6) is 0 Å². The molecule has 2 aromatic rings. The first kappa shape index (κ1) is 19.8. The van der Waals surface area contributed by atoms with Gasteiger partial charge in [-0.1, -0.05) is 23.7 Å². The average molecular weight is 391 g/mol. The fourth-order valence-electron chi connectivity index (χ4n) is 2.85. The van der Waals surface area contributed by atoms with Crippen LogP contribution in [-0.4, -0.2) is 38.0 Å². The van der Waals surface area contributed by atoms with E-state index in [9.17, 15) is 4.39 Å². The first-order valence-electron chi connectivity index (χ1n) is 8.95. The number of aliphatic imine (C=N–C) groups is 1. The van der Waals surface area contributed by atoms with Crippen LogP contribution in [0.25, 0.3) is 0 Å². The summed E-state index contributed by atoms with van der Waals surface area (Å²) in [6, 6.07) is 10.7. The maximum Gasteiger partial charge on any atom is 0.143 e. The minimum atomic E-state index is -0.778. The predicted octanol–water partition coefficient (Wildman–Crippen LogP) is 4.84. The molecule has 1 saturated heterocycles. The summed E-state index contributed by atoms with van der Waals surface area (Å²) >= 11 is 6.03. The lowest BCUT2D eigenvalue weighted by atomic mass is 9.89. The van der Waals surface area contributed by atoms with E-state index in [-0.39, 0.29) is 5.82 Å². The molecular weight excluding hydrogens is 367 g/mol. The van der Waals surface area contributed by atoms with Gasteiger partial charge in [-0.2, -0.15) is 0 Å². The molecule has 3 rings (SSSR count). The highest BCUT2D eigenvalue weighted by Crippen LogP contribution is 2.38. The molecule has 144 valence electrons. The zero-order valence-corrected chi connectivity index (χ0v) is 16.6. The zero-order valence-electron chi connectivity index (χ0n) is 15.8. The standard InChI is InChI=1S/C21H24ClFN2O2/c1-4-25(3)14-24-20-10-19(23)18(8-15(20)2)21(12-26-13-21)27-11-16-6-5-7-17(22)9-16/h5-10,14H,4,11-13H2,1-3H3. The van der Waals surface area contributed by atoms with Crippen LogP contribution in [0.4, 0.5) is 10.1 Å². The van der Waals surface area contributed by atoms with E-state index >= 15 is 0 Å². The molecule has 1 fully saturated rings. The minimum Gasteiger partial charge on any atom is -0.375 e. The Bertz CT molecular complexity index is 837. The second kappa shape index (κ2) is 8.38. The van der Waals surface area contributed by atoms with Gasteiger partial charge < -0.3 is 14.4 Å². The molecule has 0 aromatic heterocycles. The largest absolute Gasteiger partial charge is 0.375 e. The van der Waals surface area contributed by atoms with Crippen molar-refractivity contribution in [1.82, 2.24) is 4.90 Å². The van der Waals surface area contributed by atoms with Gasteiger partial charge in [0.25, 0.3) is 0 Å². The average Bonchev–Trinajstić information content (AvgIpc) is 2.61. The number of rotatable bonds is 7. The van der Waals surface area contributed by atoms with Crippen molar-refractivity contribution in [1.29, 1.82) is 0 Å². The Morgan fingerprint density at radius 1 is 1.33 bits per heavy atom. The first-order valence-corrected chi connectivity index (χ1v) is 9.32. The summed E-state index contributed by atoms with van der Waals surface area (Å²) < 4.78 is 26.4. The first-order chi connectivity index (χ1) is 12.9. The van der Waals surface area contributed by atoms with Crippen molar-refractivity contribution in [2.24, 2.45) is 4.99 Å². The lowest BCUT2D eigenvalue weighted by molar-refractivity contribution is -0.224. The minimum absolute atomic E-state index is 0.325. The third-order valence-electron chi connectivity index (χ3n) is 4.74. The van der Waals surface area contributed by atoms with Gasteiger partial charge in [0.15, 0.2) is 0 Å². The maximum absolute atomic E-state index is 14.9. The number of halogens is 2. The van der Waals surface area contributed by atoms with Gasteiger partial charge >= 0.3 is 0 Å². The smallest absolute Gasteiger partial charge is 0.143 e. The lowest BCUT2D eigenvalue weighted by Gasteiger charge is -2.42. The summed E-state index contributed by atoms with van der Waals surface area (Å²) in [5, 5.41) is 0.649. The Hall–Kier alpha value is -1.95. The van der Waals surface area contributed by atoms with Crippen LogP contribution < -0.4 is 0 Å². The number of nitrogens with zero attached hydrogens (tertiary/aromatic N) is 2. The van der Waals surface area contributed by atoms with E-state index in [2.05, 4.69) is 4.99 Å². The van der Waals surface area contributed by atoms with E-state index in [4.69, 9.17) is 21.1 Å². The molecule has 1 heterocycles. The van der Waals surface area contributed by atoms with Crippen LogP contribution in [-0.2, 0) is 21.7 Å². The highest BCUT2D eigenvalue weighted by Gasteiger charge is 2.44. The van der Waals surface area contributed by atoms with Crippen LogP contribution in [0.3, 0.4) is 0 Å². The topological polar surface area (TPSA) is 34.1 Å². The monoisotopic (exact) mass is 390 g/mol. The van der Waals surface area contributed by atoms with E-state index in [0.717, 1.165) is 17.7 Å². The molecular formula is C21H24ClFN2O2. The molecule has 4 nitrogen and oxygen atoms in total. The van der Waals surface area contributed by atoms with Gasteiger partial charge in [0.2, 0.25) is 0 Å². The SMILES string of the molecule is CCN(C)C=Nc1cc(F)c(C2(OCc3cccc(Cl)c3)COC2)cc1C. The molecule has 0 N–H and O–H groups in total. The second-order valence-corrected chi connectivity index (χ2v) is 7.28. The fraction of sp³-hybridized carbons (Fsp3) is 0.381. The van der Waals surface area contributed by atoms with Gasteiger partial charge in [-0.05, 0) is 43.2 Å². The summed E-state index contributed by atoms with van der Waals surface area (Å²) in [6.45, 7) is 5.77. The number of benzene rings is 2. The predicted molar refractivity (Wildman–Crippen MR) is 106 cm³/mol. The van der Waals surface area contributed by atoms with E-state index in [1.807, 2.05) is 56.1 Å². The Morgan fingerprint density at radius 3 is 2.74 bits per heavy atom. The molecule has 1 aliphatic rings. The molecule has 0 atom stereocenters. The van der Waals surface area contributed by atoms with Crippen LogP contribution in [0.15, 0.2) is 41.4 Å². The Labute approximate surface area is 164 Å². The van der Waals surface area contributed by atoms with E-state index in [1.54, 1.807) is 6.34 Å². The third-order valence-corrected chi connectivity index (χ3v) is 4.98. The zero-order chi connectivity index (χ0) is 19.4. The van der Waals surface area contributed by atoms with E-state index in [0.29, 0.717) is 36.1 Å². The molecule has 0 aliphatic carbocycles. The maximum atomic E-state index is 14.9. The quantitative estimate of drug-likeness (QED) is 0.501. The van der Waals surface area contributed by atoms with Crippen molar-refractivity contribution in [2.75, 3.05) is 26.8 Å². The van der Waals surface area contributed by atoms with E-state index < -0.39 is 5.60 Å². The van der Waals surface area contributed by atoms with Crippen molar-refractivity contribution < 1.29 is 13.9 Å². The van der Waals surface area contributed by atoms with Crippen LogP contribution >= 0.6 is 11.6 Å². The molecule has 0 bridgehead atoms. The van der Waals surface area contributed by atoms with Crippen LogP contribution in [0.2, 0.25) is 5.02 Å². The Balaban J connectivity index is 1.82. The number of aryl methyl sites for hydroxylation is 1. The van der Waals surface area contributed by atoms with Gasteiger partial charge in [-0.25, -0.2) is 9.38 Å². The Morgan fingerprint density at radius 2 is 2.11 bits per heavy atom. The molecule has 0 unspecified atom stereocenters. The summed E-state index contributed by atoms with van der Waals surface area (Å²) in [6.07, 6.45) is 1.71. The lowest BCUT2D eigenvalue weighted by Crippen LogP contribution is -2.49. The fourth-order valence-corrected chi connectivity index (χ4v) is 3.07. The van der Waals surface area contributed by atoms with Crippen LogP contribution in [0, 0.1) is 12.7 Å². The third kappa shape index (κ3) is 4.49. The van der Waals surface area contributed by atoms with Gasteiger partial charge in [-0.3, -0.25) is 0 Å². The molecule has 6 heteroatoms. The molecule has 1 aliphatic heterocycles. The van der Waals surface area contributed by atoms with Crippen molar-refractivity contribution in [2.45, 2.75) is 26.1 Å². The van der Waals surface area contributed by atoms with E-state index in [1.165, 1.54) is 6.07 Å². The molecule has 0 saturated carbocycles. The summed E-state index contributed by atoms with van der Waals surface area (Å²) in [5.41, 5.74) is 2.18. The highest BCUT2D eigenvalue weighted by molar-refractivity contribution is 6.30. The summed E-state index contributed by atoms with van der Waals surface area (Å²) in [7, 11) is 1.92. The number of hydrogen-bond acceptors (Lipinski definition) is 3. The molecule has 0 amide bonds. The van der Waals surface area contributed by atoms with Gasteiger partial charge in [-0.15, -0.1) is 0 Å². The highest BCUT2D eigenvalue weighted by atomic mass is 35.5. The van der Waals surface area contributed by atoms with Gasteiger partial charge in [0, 0.05) is 30.2 Å². The van der Waals surface area contributed by atoms with Crippen LogP contribution in [0.1, 0.15) is 23.6 Å². The van der Waals surface area contributed by atoms with Crippen molar-refractivity contribution in [3.05, 3.63) is 63.9 Å². The molecule has 0 spiro atoms. The van der Waals surface area contributed by atoms with Gasteiger partial charge in [0.05, 0.1) is 31.8 Å². The summed E-state index contributed by atoms with van der Waals surface area (Å²) in [5.74, 6) is -0.332. The van der Waals surface area contributed by atoms with Crippen molar-refractivity contribution >= 4 is 23.6 Å². The second-order valence-electron chi connectivity index (χ2n) is 6.84. The Kier molecular flexibility index (Phi) is 6.15. The van der Waals surface area contributed by atoms with Gasteiger partial charge in [0.1, 0.15) is 11.4 Å². The normalized spacial score (nSPS) is 15.7. The summed E-state index contributed by atoms with van der Waals surface area (Å²) in [4.78, 5) is 6.31.